The van der Waals surface area contributed by atoms with Crippen molar-refractivity contribution in [1.29, 1.82) is 0 Å². The molecule has 1 aromatic heterocycles. The summed E-state index contributed by atoms with van der Waals surface area (Å²) in [5.41, 5.74) is -1.04. The van der Waals surface area contributed by atoms with Crippen molar-refractivity contribution < 1.29 is 36.7 Å². The van der Waals surface area contributed by atoms with Crippen LogP contribution < -0.4 is 20.1 Å². The summed E-state index contributed by atoms with van der Waals surface area (Å²) in [5, 5.41) is 7.57. The second-order valence-electron chi connectivity index (χ2n) is 15.0. The van der Waals surface area contributed by atoms with Crippen molar-refractivity contribution >= 4 is 55.3 Å². The fourth-order valence-electron chi connectivity index (χ4n) is 7.85. The van der Waals surface area contributed by atoms with Gasteiger partial charge in [-0.15, -0.1) is 0 Å². The van der Waals surface area contributed by atoms with Crippen molar-refractivity contribution in [3.8, 4) is 5.88 Å². The molecule has 55 heavy (non-hydrogen) atoms. The highest BCUT2D eigenvalue weighted by Gasteiger charge is 2.62. The van der Waals surface area contributed by atoms with Gasteiger partial charge in [-0.1, -0.05) is 73.5 Å². The molecule has 2 saturated carbocycles. The van der Waals surface area contributed by atoms with E-state index >= 15 is 0 Å². The summed E-state index contributed by atoms with van der Waals surface area (Å²) >= 11 is 0. The Labute approximate surface area is 317 Å². The summed E-state index contributed by atoms with van der Waals surface area (Å²) in [6.07, 6.45) is 7.11. The van der Waals surface area contributed by atoms with Crippen LogP contribution in [-0.2, 0) is 24.4 Å². The zero-order valence-corrected chi connectivity index (χ0v) is 30.9. The van der Waals surface area contributed by atoms with Gasteiger partial charge < -0.3 is 20.3 Å². The van der Waals surface area contributed by atoms with Crippen LogP contribution in [0, 0.1) is 11.7 Å². The molecule has 3 fully saturated rings. The first-order valence-corrected chi connectivity index (χ1v) is 20.4. The Hall–Kier alpha value is -5.37. The molecule has 3 aromatic carbocycles. The molecule has 2 aliphatic carbocycles. The molecule has 0 radical (unpaired) electrons. The zero-order valence-electron chi connectivity index (χ0n) is 30.1. The van der Waals surface area contributed by atoms with E-state index in [1.54, 1.807) is 0 Å². The third-order valence-electron chi connectivity index (χ3n) is 11.1. The maximum Gasteiger partial charge on any atom is 0.259 e. The quantitative estimate of drug-likeness (QED) is 0.180. The van der Waals surface area contributed by atoms with Gasteiger partial charge in [0, 0.05) is 23.1 Å². The molecule has 3 heterocycles. The molecule has 8 rings (SSSR count). The Morgan fingerprint density at radius 3 is 2.42 bits per heavy atom. The standard InChI is InChI=1S/C41H42FN5O7S/c42-32-17-10-8-16-31(32)36(48)43-34-19-5-3-1-2-4-12-25-23-41(25,40(51)46-55(52,53)27-20-21-27)45-37(49)35-22-26(24-47(35)39(34)50)54-38-30-15-7-6-13-28(30)29-14-9-11-18-33(29)44-38/h4,6-18,25-27,34-35H,1-3,5,19-24H2,(H,43,48)(H,45,49)(H,46,51)/t25-,26-,34+,35+,41-/m1/s1. The van der Waals surface area contributed by atoms with Crippen LogP contribution >= 0.6 is 0 Å². The van der Waals surface area contributed by atoms with Gasteiger partial charge in [0.25, 0.3) is 11.8 Å². The van der Waals surface area contributed by atoms with Crippen LogP contribution in [0.2, 0.25) is 0 Å². The van der Waals surface area contributed by atoms with Crippen LogP contribution in [0.3, 0.4) is 0 Å². The molecule has 0 spiro atoms. The molecule has 2 aliphatic heterocycles. The fourth-order valence-corrected chi connectivity index (χ4v) is 9.21. The maximum absolute atomic E-state index is 14.7. The van der Waals surface area contributed by atoms with Crippen LogP contribution in [0.4, 0.5) is 4.39 Å². The predicted molar refractivity (Wildman–Crippen MR) is 203 cm³/mol. The highest BCUT2D eigenvalue weighted by molar-refractivity contribution is 7.91. The third-order valence-corrected chi connectivity index (χ3v) is 12.9. The molecule has 0 bridgehead atoms. The van der Waals surface area contributed by atoms with Crippen molar-refractivity contribution in [3.05, 3.63) is 96.3 Å². The van der Waals surface area contributed by atoms with Crippen molar-refractivity contribution in [2.45, 2.75) is 86.8 Å². The number of nitrogens with zero attached hydrogens (tertiary/aromatic N) is 2. The van der Waals surface area contributed by atoms with Crippen molar-refractivity contribution in [1.82, 2.24) is 25.2 Å². The van der Waals surface area contributed by atoms with Crippen LogP contribution in [0.1, 0.15) is 68.1 Å². The van der Waals surface area contributed by atoms with E-state index in [9.17, 15) is 32.0 Å². The average Bonchev–Trinajstić information content (AvgIpc) is 4.10. The van der Waals surface area contributed by atoms with Gasteiger partial charge in [-0.2, -0.15) is 0 Å². The van der Waals surface area contributed by atoms with Crippen LogP contribution in [-0.4, -0.2) is 77.5 Å². The number of pyridine rings is 1. The molecule has 1 saturated heterocycles. The Kier molecular flexibility index (Phi) is 9.78. The first-order chi connectivity index (χ1) is 26.5. The summed E-state index contributed by atoms with van der Waals surface area (Å²) in [7, 11) is -3.91. The second kappa shape index (κ2) is 14.7. The number of amides is 4. The molecule has 4 aromatic rings. The Morgan fingerprint density at radius 1 is 0.909 bits per heavy atom. The van der Waals surface area contributed by atoms with E-state index in [2.05, 4.69) is 15.4 Å². The van der Waals surface area contributed by atoms with E-state index in [-0.39, 0.29) is 31.4 Å². The number of halogens is 1. The minimum absolute atomic E-state index is 0.0208. The number of nitrogens with one attached hydrogen (secondary N) is 3. The smallest absolute Gasteiger partial charge is 0.259 e. The second-order valence-corrected chi connectivity index (χ2v) is 16.9. The Balaban J connectivity index is 1.13. The number of aromatic nitrogens is 1. The first-order valence-electron chi connectivity index (χ1n) is 18.9. The fraction of sp³-hybridized carbons (Fsp3) is 0.390. The lowest BCUT2D eigenvalue weighted by Gasteiger charge is -2.30. The van der Waals surface area contributed by atoms with E-state index in [0.29, 0.717) is 43.5 Å². The lowest BCUT2D eigenvalue weighted by molar-refractivity contribution is -0.141. The lowest BCUT2D eigenvalue weighted by atomic mass is 10.0. The van der Waals surface area contributed by atoms with E-state index in [1.807, 2.05) is 60.7 Å². The number of allylic oxidation sites excluding steroid dienone is 1. The molecule has 286 valence electrons. The van der Waals surface area contributed by atoms with E-state index in [0.717, 1.165) is 22.6 Å². The van der Waals surface area contributed by atoms with Gasteiger partial charge in [0.05, 0.1) is 22.9 Å². The minimum Gasteiger partial charge on any atom is -0.472 e. The normalized spacial score (nSPS) is 25.9. The highest BCUT2D eigenvalue weighted by Crippen LogP contribution is 2.46. The summed E-state index contributed by atoms with van der Waals surface area (Å²) in [6, 6.07) is 18.6. The summed E-state index contributed by atoms with van der Waals surface area (Å²) in [6.45, 7) is -0.0512. The van der Waals surface area contributed by atoms with Gasteiger partial charge >= 0.3 is 0 Å². The third kappa shape index (κ3) is 7.39. The number of ether oxygens (including phenoxy) is 1. The van der Waals surface area contributed by atoms with Crippen LogP contribution in [0.15, 0.2) is 84.9 Å². The zero-order chi connectivity index (χ0) is 38.3. The van der Waals surface area contributed by atoms with Crippen molar-refractivity contribution in [2.24, 2.45) is 5.92 Å². The molecule has 5 atom stereocenters. The Morgan fingerprint density at radius 2 is 1.64 bits per heavy atom. The number of hydrogen-bond donors (Lipinski definition) is 3. The summed E-state index contributed by atoms with van der Waals surface area (Å²) in [5.74, 6) is -3.63. The first kappa shape index (κ1) is 36.6. The number of carbonyl (C=O) groups is 4. The van der Waals surface area contributed by atoms with Crippen molar-refractivity contribution in [3.63, 3.8) is 0 Å². The van der Waals surface area contributed by atoms with Gasteiger partial charge in [-0.3, -0.25) is 23.9 Å². The largest absolute Gasteiger partial charge is 0.472 e. The lowest BCUT2D eigenvalue weighted by Crippen LogP contribution is -2.58. The number of hydrogen-bond acceptors (Lipinski definition) is 8. The van der Waals surface area contributed by atoms with Gasteiger partial charge in [0.1, 0.15) is 29.5 Å². The number of benzene rings is 3. The minimum atomic E-state index is -3.91. The topological polar surface area (TPSA) is 164 Å². The maximum atomic E-state index is 14.7. The molecule has 3 N–H and O–H groups in total. The van der Waals surface area contributed by atoms with Gasteiger partial charge in [-0.25, -0.2) is 17.8 Å². The average molecular weight is 768 g/mol. The highest BCUT2D eigenvalue weighted by atomic mass is 32.2. The predicted octanol–water partition coefficient (Wildman–Crippen LogP) is 4.68. The van der Waals surface area contributed by atoms with E-state index in [1.165, 1.54) is 29.2 Å². The van der Waals surface area contributed by atoms with E-state index in [4.69, 9.17) is 9.72 Å². The van der Waals surface area contributed by atoms with Crippen LogP contribution in [0.25, 0.3) is 21.7 Å². The molecular formula is C41H42FN5O7S. The molecule has 12 nitrogen and oxygen atoms in total. The van der Waals surface area contributed by atoms with Gasteiger partial charge in [0.2, 0.25) is 27.7 Å². The van der Waals surface area contributed by atoms with Crippen molar-refractivity contribution in [2.75, 3.05) is 6.54 Å². The van der Waals surface area contributed by atoms with Crippen LogP contribution in [0.5, 0.6) is 5.88 Å². The molecular weight excluding hydrogens is 726 g/mol. The number of rotatable bonds is 7. The SMILES string of the molecule is O=C(N[C@H]1CCCCCC=C[C@@H]2C[C@@]2(C(=O)NS(=O)(=O)C2CC2)NC(=O)[C@@H]2C[C@@H](Oc3nc4ccccc4c4ccccc34)CN2C1=O)c1ccccc1F. The van der Waals surface area contributed by atoms with Gasteiger partial charge in [-0.05, 0) is 68.2 Å². The summed E-state index contributed by atoms with van der Waals surface area (Å²) < 4.78 is 49.2. The van der Waals surface area contributed by atoms with Gasteiger partial charge in [0.15, 0.2) is 0 Å². The molecule has 0 unspecified atom stereocenters. The van der Waals surface area contributed by atoms with E-state index < -0.39 is 74.4 Å². The number of para-hydroxylation sites is 1. The number of carbonyl (C=O) groups excluding carboxylic acids is 4. The number of fused-ring (bicyclic) bond motifs is 5. The number of sulfonamides is 1. The molecule has 4 aliphatic rings. The Bertz CT molecular complexity index is 2330. The summed E-state index contributed by atoms with van der Waals surface area (Å²) in [4.78, 5) is 62.4. The molecule has 14 heteroatoms. The molecule has 4 amide bonds. The monoisotopic (exact) mass is 767 g/mol.